The van der Waals surface area contributed by atoms with Crippen LogP contribution in [-0.4, -0.2) is 21.4 Å². The summed E-state index contributed by atoms with van der Waals surface area (Å²) in [7, 11) is 0. The minimum atomic E-state index is -0.887. The zero-order valence-electron chi connectivity index (χ0n) is 15.4. The molecule has 0 spiro atoms. The maximum Gasteiger partial charge on any atom is 0.267 e. The molecule has 142 valence electrons. The van der Waals surface area contributed by atoms with Crippen LogP contribution in [0.3, 0.4) is 0 Å². The van der Waals surface area contributed by atoms with Gasteiger partial charge in [-0.15, -0.1) is 0 Å². The van der Waals surface area contributed by atoms with Gasteiger partial charge in [-0.1, -0.05) is 49.4 Å². The predicted octanol–water partition coefficient (Wildman–Crippen LogP) is 2.21. The normalized spacial score (nSPS) is 10.5. The lowest BCUT2D eigenvalue weighted by Gasteiger charge is -2.13. The zero-order valence-corrected chi connectivity index (χ0v) is 15.4. The molecular formula is C21H20N4O3. The topological polar surface area (TPSA) is 107 Å². The van der Waals surface area contributed by atoms with Gasteiger partial charge in [0, 0.05) is 17.4 Å². The third-order valence-corrected chi connectivity index (χ3v) is 4.27. The Balaban J connectivity index is 1.97. The van der Waals surface area contributed by atoms with Crippen molar-refractivity contribution in [3.8, 4) is 11.4 Å². The van der Waals surface area contributed by atoms with Gasteiger partial charge in [0.25, 0.3) is 11.5 Å². The second kappa shape index (κ2) is 8.30. The number of nitrogens with two attached hydrogens (primary N) is 1. The SMILES string of the molecule is CCc1cccc(NC(=O)Cn2c(-c3ccccc3)ncc(C(N)=O)c2=O)c1. The Bertz CT molecular complexity index is 1070. The first-order valence-corrected chi connectivity index (χ1v) is 8.83. The number of primary amides is 1. The van der Waals surface area contributed by atoms with E-state index in [4.69, 9.17) is 5.73 Å². The lowest BCUT2D eigenvalue weighted by Crippen LogP contribution is -2.34. The van der Waals surface area contributed by atoms with Crippen molar-refractivity contribution in [3.05, 3.63) is 82.3 Å². The molecule has 7 nitrogen and oxygen atoms in total. The van der Waals surface area contributed by atoms with Crippen LogP contribution in [0.4, 0.5) is 5.69 Å². The van der Waals surface area contributed by atoms with Gasteiger partial charge in [0.15, 0.2) is 0 Å². The van der Waals surface area contributed by atoms with Crippen molar-refractivity contribution in [2.45, 2.75) is 19.9 Å². The molecule has 0 bridgehead atoms. The molecule has 2 aromatic carbocycles. The van der Waals surface area contributed by atoms with Gasteiger partial charge in [-0.25, -0.2) is 4.98 Å². The molecule has 3 aromatic rings. The van der Waals surface area contributed by atoms with Crippen LogP contribution in [-0.2, 0) is 17.8 Å². The molecule has 0 saturated heterocycles. The average Bonchev–Trinajstić information content (AvgIpc) is 2.70. The molecule has 0 unspecified atom stereocenters. The molecule has 1 heterocycles. The Morgan fingerprint density at radius 1 is 1.11 bits per heavy atom. The molecule has 2 amide bonds. The van der Waals surface area contributed by atoms with Gasteiger partial charge in [-0.3, -0.25) is 19.0 Å². The number of anilines is 1. The van der Waals surface area contributed by atoms with E-state index in [0.29, 0.717) is 11.3 Å². The van der Waals surface area contributed by atoms with Crippen molar-refractivity contribution in [2.24, 2.45) is 5.73 Å². The highest BCUT2D eigenvalue weighted by atomic mass is 16.2. The number of carbonyl (C=O) groups is 2. The standard InChI is InChI=1S/C21H20N4O3/c1-2-14-7-6-10-16(11-14)24-18(26)13-25-20(15-8-4-3-5-9-15)23-12-17(19(22)27)21(25)28/h3-12H,2,13H2,1H3,(H2,22,27)(H,24,26). The van der Waals surface area contributed by atoms with Gasteiger partial charge < -0.3 is 11.1 Å². The predicted molar refractivity (Wildman–Crippen MR) is 107 cm³/mol. The average molecular weight is 376 g/mol. The minimum absolute atomic E-state index is 0.263. The Labute approximate surface area is 161 Å². The van der Waals surface area contributed by atoms with Gasteiger partial charge >= 0.3 is 0 Å². The summed E-state index contributed by atoms with van der Waals surface area (Å²) in [6.45, 7) is 1.72. The third-order valence-electron chi connectivity index (χ3n) is 4.27. The summed E-state index contributed by atoms with van der Waals surface area (Å²) in [5.74, 6) is -1.01. The second-order valence-electron chi connectivity index (χ2n) is 6.22. The van der Waals surface area contributed by atoms with E-state index in [9.17, 15) is 14.4 Å². The van der Waals surface area contributed by atoms with Gasteiger partial charge in [0.05, 0.1) is 0 Å². The summed E-state index contributed by atoms with van der Waals surface area (Å²) in [5, 5.41) is 2.78. The molecule has 0 aliphatic carbocycles. The van der Waals surface area contributed by atoms with Crippen LogP contribution >= 0.6 is 0 Å². The number of amides is 2. The Hall–Kier alpha value is -3.74. The Morgan fingerprint density at radius 2 is 1.86 bits per heavy atom. The summed E-state index contributed by atoms with van der Waals surface area (Å²) < 4.78 is 1.16. The molecule has 0 saturated carbocycles. The second-order valence-corrected chi connectivity index (χ2v) is 6.22. The number of benzene rings is 2. The lowest BCUT2D eigenvalue weighted by atomic mass is 10.1. The number of nitrogens with zero attached hydrogens (tertiary/aromatic N) is 2. The summed E-state index contributed by atoms with van der Waals surface area (Å²) >= 11 is 0. The van der Waals surface area contributed by atoms with E-state index in [1.807, 2.05) is 31.2 Å². The van der Waals surface area contributed by atoms with Gasteiger partial charge in [0.2, 0.25) is 5.91 Å². The minimum Gasteiger partial charge on any atom is -0.365 e. The molecule has 0 radical (unpaired) electrons. The van der Waals surface area contributed by atoms with E-state index in [2.05, 4.69) is 10.3 Å². The number of aryl methyl sites for hydroxylation is 1. The van der Waals surface area contributed by atoms with E-state index in [0.717, 1.165) is 22.7 Å². The molecule has 0 aliphatic heterocycles. The molecule has 0 fully saturated rings. The van der Waals surface area contributed by atoms with Crippen LogP contribution in [0, 0.1) is 0 Å². The molecular weight excluding hydrogens is 356 g/mol. The molecule has 3 N–H and O–H groups in total. The van der Waals surface area contributed by atoms with Crippen molar-refractivity contribution in [1.82, 2.24) is 9.55 Å². The number of nitrogens with one attached hydrogen (secondary N) is 1. The smallest absolute Gasteiger partial charge is 0.267 e. The van der Waals surface area contributed by atoms with Crippen LogP contribution in [0.2, 0.25) is 0 Å². The Morgan fingerprint density at radius 3 is 2.54 bits per heavy atom. The lowest BCUT2D eigenvalue weighted by molar-refractivity contribution is -0.116. The fraction of sp³-hybridized carbons (Fsp3) is 0.143. The molecule has 28 heavy (non-hydrogen) atoms. The van der Waals surface area contributed by atoms with E-state index in [-0.39, 0.29) is 17.9 Å². The monoisotopic (exact) mass is 376 g/mol. The van der Waals surface area contributed by atoms with Crippen molar-refractivity contribution in [2.75, 3.05) is 5.32 Å². The summed E-state index contributed by atoms with van der Waals surface area (Å²) in [5.41, 5.74) is 6.72. The van der Waals surface area contributed by atoms with Crippen LogP contribution < -0.4 is 16.6 Å². The highest BCUT2D eigenvalue weighted by Gasteiger charge is 2.17. The maximum absolute atomic E-state index is 12.7. The number of rotatable bonds is 6. The van der Waals surface area contributed by atoms with Crippen LogP contribution in [0.25, 0.3) is 11.4 Å². The van der Waals surface area contributed by atoms with E-state index < -0.39 is 17.4 Å². The highest BCUT2D eigenvalue weighted by molar-refractivity contribution is 5.93. The first kappa shape index (κ1) is 19.0. The van der Waals surface area contributed by atoms with E-state index in [1.54, 1.807) is 30.3 Å². The number of carbonyl (C=O) groups excluding carboxylic acids is 2. The van der Waals surface area contributed by atoms with Gasteiger partial charge in [-0.2, -0.15) is 0 Å². The van der Waals surface area contributed by atoms with Crippen LogP contribution in [0.15, 0.2) is 65.6 Å². The van der Waals surface area contributed by atoms with Gasteiger partial charge in [0.1, 0.15) is 17.9 Å². The Kier molecular flexibility index (Phi) is 5.64. The maximum atomic E-state index is 12.7. The molecule has 0 aliphatic rings. The van der Waals surface area contributed by atoms with E-state index >= 15 is 0 Å². The van der Waals surface area contributed by atoms with Crippen LogP contribution in [0.5, 0.6) is 0 Å². The van der Waals surface area contributed by atoms with Crippen molar-refractivity contribution >= 4 is 17.5 Å². The van der Waals surface area contributed by atoms with Crippen molar-refractivity contribution in [3.63, 3.8) is 0 Å². The van der Waals surface area contributed by atoms with Crippen molar-refractivity contribution in [1.29, 1.82) is 0 Å². The highest BCUT2D eigenvalue weighted by Crippen LogP contribution is 2.16. The third kappa shape index (κ3) is 4.15. The summed E-state index contributed by atoms with van der Waals surface area (Å²) in [6, 6.07) is 16.4. The molecule has 3 rings (SSSR count). The zero-order chi connectivity index (χ0) is 20.1. The van der Waals surface area contributed by atoms with Crippen LogP contribution in [0.1, 0.15) is 22.8 Å². The fourth-order valence-corrected chi connectivity index (χ4v) is 2.84. The number of hydrogen-bond donors (Lipinski definition) is 2. The molecule has 7 heteroatoms. The molecule has 1 aromatic heterocycles. The summed E-state index contributed by atoms with van der Waals surface area (Å²) in [6.07, 6.45) is 1.98. The van der Waals surface area contributed by atoms with E-state index in [1.165, 1.54) is 0 Å². The first-order valence-electron chi connectivity index (χ1n) is 8.83. The number of aromatic nitrogens is 2. The van der Waals surface area contributed by atoms with Gasteiger partial charge in [-0.05, 0) is 24.1 Å². The quantitative estimate of drug-likeness (QED) is 0.688. The van der Waals surface area contributed by atoms with Crippen molar-refractivity contribution < 1.29 is 9.59 Å². The molecule has 0 atom stereocenters. The number of hydrogen-bond acceptors (Lipinski definition) is 4. The fourth-order valence-electron chi connectivity index (χ4n) is 2.84. The first-order chi connectivity index (χ1) is 13.5. The summed E-state index contributed by atoms with van der Waals surface area (Å²) in [4.78, 5) is 41.1. The largest absolute Gasteiger partial charge is 0.365 e.